The van der Waals surface area contributed by atoms with Crippen LogP contribution >= 0.6 is 0 Å². The Bertz CT molecular complexity index is 959. The molecule has 1 heterocycles. The second-order valence-electron chi connectivity index (χ2n) is 6.23. The topological polar surface area (TPSA) is 62.3 Å². The molecule has 0 radical (unpaired) electrons. The van der Waals surface area contributed by atoms with Crippen LogP contribution in [0.4, 0.5) is 10.1 Å². The predicted octanol–water partition coefficient (Wildman–Crippen LogP) is 4.14. The lowest BCUT2D eigenvalue weighted by Gasteiger charge is -2.21. The molecule has 0 saturated heterocycles. The van der Waals surface area contributed by atoms with Gasteiger partial charge in [-0.25, -0.2) is 4.39 Å². The van der Waals surface area contributed by atoms with E-state index in [0.717, 1.165) is 5.56 Å². The van der Waals surface area contributed by atoms with E-state index >= 15 is 0 Å². The number of anilines is 1. The molecule has 2 amide bonds. The Morgan fingerprint density at radius 2 is 1.68 bits per heavy atom. The first-order chi connectivity index (χ1) is 13.6. The van der Waals surface area contributed by atoms with Gasteiger partial charge >= 0.3 is 0 Å². The van der Waals surface area contributed by atoms with Gasteiger partial charge in [0.25, 0.3) is 11.8 Å². The molecule has 0 spiro atoms. The summed E-state index contributed by atoms with van der Waals surface area (Å²) in [6.07, 6.45) is 2.84. The number of pyridine rings is 1. The molecule has 0 bridgehead atoms. The van der Waals surface area contributed by atoms with Gasteiger partial charge in [-0.1, -0.05) is 30.3 Å². The monoisotopic (exact) mass is 377 g/mol. The maximum Gasteiger partial charge on any atom is 0.257 e. The minimum absolute atomic E-state index is 0.199. The fraction of sp³-hybridized carbons (Fsp3) is 0.136. The molecule has 0 unspecified atom stereocenters. The molecule has 1 aromatic heterocycles. The van der Waals surface area contributed by atoms with Gasteiger partial charge in [-0.05, 0) is 42.8 Å². The van der Waals surface area contributed by atoms with Gasteiger partial charge in [0.05, 0.1) is 11.1 Å². The number of carbonyl (C=O) groups excluding carboxylic acids is 2. The Morgan fingerprint density at radius 1 is 1.00 bits per heavy atom. The molecule has 0 aliphatic carbocycles. The second-order valence-corrected chi connectivity index (χ2v) is 6.23. The van der Waals surface area contributed by atoms with Crippen LogP contribution in [-0.4, -0.2) is 28.2 Å². The van der Waals surface area contributed by atoms with Crippen LogP contribution in [0, 0.1) is 5.82 Å². The zero-order valence-electron chi connectivity index (χ0n) is 15.4. The highest BCUT2D eigenvalue weighted by atomic mass is 19.1. The van der Waals surface area contributed by atoms with E-state index in [-0.39, 0.29) is 17.3 Å². The van der Waals surface area contributed by atoms with Gasteiger partial charge in [-0.15, -0.1) is 0 Å². The van der Waals surface area contributed by atoms with Crippen LogP contribution in [0.2, 0.25) is 0 Å². The van der Waals surface area contributed by atoms with E-state index in [4.69, 9.17) is 0 Å². The smallest absolute Gasteiger partial charge is 0.257 e. The van der Waals surface area contributed by atoms with Crippen molar-refractivity contribution in [3.05, 3.63) is 95.6 Å². The van der Waals surface area contributed by atoms with Crippen LogP contribution < -0.4 is 5.32 Å². The Balaban J connectivity index is 1.74. The third-order valence-corrected chi connectivity index (χ3v) is 4.23. The Morgan fingerprint density at radius 3 is 2.36 bits per heavy atom. The highest BCUT2D eigenvalue weighted by Gasteiger charge is 2.17. The van der Waals surface area contributed by atoms with E-state index in [1.165, 1.54) is 42.7 Å². The molecule has 0 atom stereocenters. The summed E-state index contributed by atoms with van der Waals surface area (Å²) in [5.41, 5.74) is 2.08. The Labute approximate surface area is 162 Å². The lowest BCUT2D eigenvalue weighted by Crippen LogP contribution is -2.30. The predicted molar refractivity (Wildman–Crippen MR) is 105 cm³/mol. The molecule has 5 nitrogen and oxygen atoms in total. The maximum atomic E-state index is 13.0. The van der Waals surface area contributed by atoms with Gasteiger partial charge in [0, 0.05) is 31.2 Å². The number of nitrogens with one attached hydrogen (secondary N) is 1. The summed E-state index contributed by atoms with van der Waals surface area (Å²) in [7, 11) is 0. The molecule has 0 aliphatic heterocycles. The van der Waals surface area contributed by atoms with E-state index in [0.29, 0.717) is 24.3 Å². The van der Waals surface area contributed by atoms with Crippen molar-refractivity contribution in [2.45, 2.75) is 13.5 Å². The second kappa shape index (κ2) is 8.90. The summed E-state index contributed by atoms with van der Waals surface area (Å²) >= 11 is 0. The van der Waals surface area contributed by atoms with Crippen LogP contribution in [0.5, 0.6) is 0 Å². The van der Waals surface area contributed by atoms with Gasteiger partial charge in [0.15, 0.2) is 0 Å². The van der Waals surface area contributed by atoms with E-state index in [1.807, 2.05) is 37.3 Å². The first kappa shape index (κ1) is 19.2. The molecule has 6 heteroatoms. The average molecular weight is 377 g/mol. The maximum absolute atomic E-state index is 13.0. The number of aromatic nitrogens is 1. The van der Waals surface area contributed by atoms with Crippen molar-refractivity contribution in [2.75, 3.05) is 11.9 Å². The minimum Gasteiger partial charge on any atom is -0.335 e. The standard InChI is InChI=1S/C22H20FN3O2/c1-2-26(15-16-6-4-3-5-7-16)22(28)18-12-17(13-24-14-18)21(27)25-20-10-8-19(23)9-11-20/h3-14H,2,15H2,1H3,(H,25,27). The average Bonchev–Trinajstić information content (AvgIpc) is 2.74. The summed E-state index contributed by atoms with van der Waals surface area (Å²) in [5.74, 6) is -1.000. The Kier molecular flexibility index (Phi) is 6.11. The van der Waals surface area contributed by atoms with Gasteiger partial charge in [-0.3, -0.25) is 14.6 Å². The molecule has 3 rings (SSSR count). The summed E-state index contributed by atoms with van der Waals surface area (Å²) in [6, 6.07) is 16.7. The van der Waals surface area contributed by atoms with Gasteiger partial charge in [0.2, 0.25) is 0 Å². The number of amides is 2. The molecular weight excluding hydrogens is 357 g/mol. The lowest BCUT2D eigenvalue weighted by atomic mass is 10.1. The largest absolute Gasteiger partial charge is 0.335 e. The third-order valence-electron chi connectivity index (χ3n) is 4.23. The molecule has 2 aromatic carbocycles. The molecule has 1 N–H and O–H groups in total. The van der Waals surface area contributed by atoms with Crippen molar-refractivity contribution >= 4 is 17.5 Å². The quantitative estimate of drug-likeness (QED) is 0.702. The summed E-state index contributed by atoms with van der Waals surface area (Å²) < 4.78 is 13.0. The highest BCUT2D eigenvalue weighted by molar-refractivity contribution is 6.05. The van der Waals surface area contributed by atoms with Crippen LogP contribution in [0.25, 0.3) is 0 Å². The van der Waals surface area contributed by atoms with Crippen LogP contribution in [0.3, 0.4) is 0 Å². The van der Waals surface area contributed by atoms with Crippen molar-refractivity contribution in [1.82, 2.24) is 9.88 Å². The molecule has 0 aliphatic rings. The molecule has 142 valence electrons. The summed E-state index contributed by atoms with van der Waals surface area (Å²) in [6.45, 7) is 2.90. The molecule has 0 saturated carbocycles. The van der Waals surface area contributed by atoms with Crippen molar-refractivity contribution in [3.8, 4) is 0 Å². The number of benzene rings is 2. The fourth-order valence-electron chi connectivity index (χ4n) is 2.73. The first-order valence-electron chi connectivity index (χ1n) is 8.92. The highest BCUT2D eigenvalue weighted by Crippen LogP contribution is 2.13. The number of hydrogen-bond acceptors (Lipinski definition) is 3. The normalized spacial score (nSPS) is 10.4. The van der Waals surface area contributed by atoms with Gasteiger partial charge in [-0.2, -0.15) is 0 Å². The van der Waals surface area contributed by atoms with Crippen molar-refractivity contribution < 1.29 is 14.0 Å². The number of rotatable bonds is 6. The number of nitrogens with zero attached hydrogens (tertiary/aromatic N) is 2. The van der Waals surface area contributed by atoms with Gasteiger partial charge in [0.1, 0.15) is 5.82 Å². The summed E-state index contributed by atoms with van der Waals surface area (Å²) in [5, 5.41) is 2.66. The number of halogens is 1. The summed E-state index contributed by atoms with van der Waals surface area (Å²) in [4.78, 5) is 31.0. The van der Waals surface area contributed by atoms with Crippen molar-refractivity contribution in [1.29, 1.82) is 0 Å². The molecule has 3 aromatic rings. The van der Waals surface area contributed by atoms with E-state index in [2.05, 4.69) is 10.3 Å². The molecule has 28 heavy (non-hydrogen) atoms. The SMILES string of the molecule is CCN(Cc1ccccc1)C(=O)c1cncc(C(=O)Nc2ccc(F)cc2)c1. The molecular formula is C22H20FN3O2. The van der Waals surface area contributed by atoms with Gasteiger partial charge < -0.3 is 10.2 Å². The van der Waals surface area contributed by atoms with E-state index in [1.54, 1.807) is 4.90 Å². The number of carbonyl (C=O) groups is 2. The van der Waals surface area contributed by atoms with Crippen molar-refractivity contribution in [2.24, 2.45) is 0 Å². The lowest BCUT2D eigenvalue weighted by molar-refractivity contribution is 0.0752. The van der Waals surface area contributed by atoms with Crippen molar-refractivity contribution in [3.63, 3.8) is 0 Å². The Hall–Kier alpha value is -3.54. The van der Waals surface area contributed by atoms with Crippen LogP contribution in [0.15, 0.2) is 73.1 Å². The molecule has 0 fully saturated rings. The first-order valence-corrected chi connectivity index (χ1v) is 8.92. The fourth-order valence-corrected chi connectivity index (χ4v) is 2.73. The zero-order chi connectivity index (χ0) is 19.9. The number of hydrogen-bond donors (Lipinski definition) is 1. The zero-order valence-corrected chi connectivity index (χ0v) is 15.4. The van der Waals surface area contributed by atoms with Crippen LogP contribution in [0.1, 0.15) is 33.2 Å². The van der Waals surface area contributed by atoms with Crippen LogP contribution in [-0.2, 0) is 6.54 Å². The third kappa shape index (κ3) is 4.79. The minimum atomic E-state index is -0.417. The van der Waals surface area contributed by atoms with E-state index < -0.39 is 5.91 Å². The van der Waals surface area contributed by atoms with E-state index in [9.17, 15) is 14.0 Å².